The van der Waals surface area contributed by atoms with Gasteiger partial charge >= 0.3 is 0 Å². The summed E-state index contributed by atoms with van der Waals surface area (Å²) < 4.78 is 22.9. The number of para-hydroxylation sites is 1. The highest BCUT2D eigenvalue weighted by Crippen LogP contribution is 2.21. The number of benzene rings is 1. The van der Waals surface area contributed by atoms with E-state index in [1.165, 1.54) is 0 Å². The lowest BCUT2D eigenvalue weighted by molar-refractivity contribution is -0.120. The van der Waals surface area contributed by atoms with Crippen molar-refractivity contribution < 1.29 is 13.2 Å². The van der Waals surface area contributed by atoms with Crippen molar-refractivity contribution in [1.29, 1.82) is 0 Å². The number of nitrogens with one attached hydrogen (secondary N) is 1. The SMILES string of the molecule is Cc1ccccc1N(CC(=O)NC1CCS(=O)(=O)C1)C(C)C. The van der Waals surface area contributed by atoms with E-state index in [9.17, 15) is 13.2 Å². The van der Waals surface area contributed by atoms with Crippen LogP contribution in [0.1, 0.15) is 25.8 Å². The number of sulfone groups is 1. The smallest absolute Gasteiger partial charge is 0.239 e. The van der Waals surface area contributed by atoms with Crippen LogP contribution in [0.4, 0.5) is 5.69 Å². The second kappa shape index (κ2) is 6.69. The van der Waals surface area contributed by atoms with Crippen molar-refractivity contribution in [3.05, 3.63) is 29.8 Å². The molecule has 6 heteroatoms. The van der Waals surface area contributed by atoms with Gasteiger partial charge < -0.3 is 10.2 Å². The van der Waals surface area contributed by atoms with Gasteiger partial charge in [-0.15, -0.1) is 0 Å². The zero-order valence-corrected chi connectivity index (χ0v) is 14.2. The Balaban J connectivity index is 2.03. The first kappa shape index (κ1) is 16.8. The molecule has 1 N–H and O–H groups in total. The summed E-state index contributed by atoms with van der Waals surface area (Å²) in [6.07, 6.45) is 0.514. The molecule has 1 fully saturated rings. The molecule has 0 aromatic heterocycles. The molecule has 1 aliphatic heterocycles. The summed E-state index contributed by atoms with van der Waals surface area (Å²) in [6.45, 7) is 6.34. The molecule has 2 rings (SSSR count). The topological polar surface area (TPSA) is 66.5 Å². The number of anilines is 1. The predicted molar refractivity (Wildman–Crippen MR) is 88.9 cm³/mol. The number of carbonyl (C=O) groups excluding carboxylic acids is 1. The zero-order chi connectivity index (χ0) is 16.3. The second-order valence-electron chi connectivity index (χ2n) is 6.18. The van der Waals surface area contributed by atoms with Crippen molar-refractivity contribution in [2.45, 2.75) is 39.3 Å². The van der Waals surface area contributed by atoms with Crippen molar-refractivity contribution >= 4 is 21.4 Å². The Morgan fingerprint density at radius 1 is 1.36 bits per heavy atom. The second-order valence-corrected chi connectivity index (χ2v) is 8.40. The maximum absolute atomic E-state index is 12.3. The van der Waals surface area contributed by atoms with Gasteiger partial charge in [-0.3, -0.25) is 4.79 Å². The summed E-state index contributed by atoms with van der Waals surface area (Å²) in [5, 5.41) is 2.85. The van der Waals surface area contributed by atoms with Crippen LogP contribution in [0.25, 0.3) is 0 Å². The minimum Gasteiger partial charge on any atom is -0.360 e. The van der Waals surface area contributed by atoms with E-state index in [2.05, 4.69) is 5.32 Å². The molecule has 1 saturated heterocycles. The van der Waals surface area contributed by atoms with Gasteiger partial charge in [-0.2, -0.15) is 0 Å². The molecule has 122 valence electrons. The fraction of sp³-hybridized carbons (Fsp3) is 0.562. The first-order valence-electron chi connectivity index (χ1n) is 7.60. The third kappa shape index (κ3) is 4.22. The van der Waals surface area contributed by atoms with E-state index in [1.807, 2.05) is 49.9 Å². The lowest BCUT2D eigenvalue weighted by atomic mass is 10.1. The Labute approximate surface area is 132 Å². The summed E-state index contributed by atoms with van der Waals surface area (Å²) in [5.41, 5.74) is 2.15. The van der Waals surface area contributed by atoms with Crippen molar-refractivity contribution in [2.24, 2.45) is 0 Å². The number of carbonyl (C=O) groups is 1. The largest absolute Gasteiger partial charge is 0.360 e. The van der Waals surface area contributed by atoms with E-state index in [0.717, 1.165) is 11.3 Å². The molecule has 0 radical (unpaired) electrons. The molecule has 1 aliphatic rings. The number of hydrogen-bond donors (Lipinski definition) is 1. The van der Waals surface area contributed by atoms with Crippen LogP contribution in [-0.4, -0.2) is 44.5 Å². The molecular weight excluding hydrogens is 300 g/mol. The number of rotatable bonds is 5. The maximum atomic E-state index is 12.3. The van der Waals surface area contributed by atoms with E-state index < -0.39 is 9.84 Å². The third-order valence-electron chi connectivity index (χ3n) is 3.96. The van der Waals surface area contributed by atoms with E-state index in [-0.39, 0.29) is 36.0 Å². The summed E-state index contributed by atoms with van der Waals surface area (Å²) in [6, 6.07) is 7.89. The van der Waals surface area contributed by atoms with Crippen LogP contribution in [-0.2, 0) is 14.6 Å². The molecule has 0 aliphatic carbocycles. The average Bonchev–Trinajstić information content (AvgIpc) is 2.76. The standard InChI is InChI=1S/C16H24N2O3S/c1-12(2)18(15-7-5-4-6-13(15)3)10-16(19)17-14-8-9-22(20,21)11-14/h4-7,12,14H,8-11H2,1-3H3,(H,17,19). The molecule has 1 atom stereocenters. The Morgan fingerprint density at radius 3 is 2.59 bits per heavy atom. The highest BCUT2D eigenvalue weighted by molar-refractivity contribution is 7.91. The van der Waals surface area contributed by atoms with Crippen molar-refractivity contribution in [1.82, 2.24) is 5.32 Å². The summed E-state index contributed by atoms with van der Waals surface area (Å²) in [5.74, 6) is 0.105. The van der Waals surface area contributed by atoms with Crippen LogP contribution < -0.4 is 10.2 Å². The Morgan fingerprint density at radius 2 is 2.05 bits per heavy atom. The number of hydrogen-bond acceptors (Lipinski definition) is 4. The van der Waals surface area contributed by atoms with Crippen molar-refractivity contribution in [3.63, 3.8) is 0 Å². The minimum absolute atomic E-state index is 0.0603. The molecule has 1 unspecified atom stereocenters. The molecule has 0 spiro atoms. The average molecular weight is 324 g/mol. The fourth-order valence-electron chi connectivity index (χ4n) is 2.77. The zero-order valence-electron chi connectivity index (χ0n) is 13.4. The van der Waals surface area contributed by atoms with Crippen LogP contribution >= 0.6 is 0 Å². The fourth-order valence-corrected chi connectivity index (χ4v) is 4.44. The van der Waals surface area contributed by atoms with Gasteiger partial charge in [0.1, 0.15) is 0 Å². The predicted octanol–water partition coefficient (Wildman–Crippen LogP) is 1.51. The lowest BCUT2D eigenvalue weighted by Crippen LogP contribution is -2.45. The Kier molecular flexibility index (Phi) is 5.11. The van der Waals surface area contributed by atoms with Crippen molar-refractivity contribution in [3.8, 4) is 0 Å². The molecule has 5 nitrogen and oxygen atoms in total. The first-order valence-corrected chi connectivity index (χ1v) is 9.42. The van der Waals surface area contributed by atoms with Crippen molar-refractivity contribution in [2.75, 3.05) is 23.0 Å². The summed E-state index contributed by atoms with van der Waals surface area (Å²) in [7, 11) is -2.97. The molecule has 0 saturated carbocycles. The number of nitrogens with zero attached hydrogens (tertiary/aromatic N) is 1. The monoisotopic (exact) mass is 324 g/mol. The quantitative estimate of drug-likeness (QED) is 0.892. The normalized spacial score (nSPS) is 20.1. The molecule has 1 amide bonds. The van der Waals surface area contributed by atoms with E-state index in [4.69, 9.17) is 0 Å². The lowest BCUT2D eigenvalue weighted by Gasteiger charge is -2.30. The van der Waals surface area contributed by atoms with Crippen LogP contribution in [0.5, 0.6) is 0 Å². The van der Waals surface area contributed by atoms with E-state index >= 15 is 0 Å². The Hall–Kier alpha value is -1.56. The van der Waals surface area contributed by atoms with E-state index in [0.29, 0.717) is 6.42 Å². The number of amides is 1. The van der Waals surface area contributed by atoms with Gasteiger partial charge in [-0.05, 0) is 38.8 Å². The molecular formula is C16H24N2O3S. The molecule has 1 aromatic rings. The maximum Gasteiger partial charge on any atom is 0.239 e. The van der Waals surface area contributed by atoms with Crippen LogP contribution in [0, 0.1) is 6.92 Å². The molecule has 22 heavy (non-hydrogen) atoms. The van der Waals surface area contributed by atoms with Gasteiger partial charge in [-0.25, -0.2) is 8.42 Å². The van der Waals surface area contributed by atoms with Gasteiger partial charge in [0.25, 0.3) is 0 Å². The van der Waals surface area contributed by atoms with Gasteiger partial charge in [0.05, 0.1) is 18.1 Å². The summed E-state index contributed by atoms with van der Waals surface area (Å²) in [4.78, 5) is 14.3. The van der Waals surface area contributed by atoms with Gasteiger partial charge in [0, 0.05) is 17.8 Å². The summed E-state index contributed by atoms with van der Waals surface area (Å²) >= 11 is 0. The van der Waals surface area contributed by atoms with Crippen LogP contribution in [0.2, 0.25) is 0 Å². The van der Waals surface area contributed by atoms with Gasteiger partial charge in [0.2, 0.25) is 5.91 Å². The Bertz CT molecular complexity index is 641. The highest BCUT2D eigenvalue weighted by atomic mass is 32.2. The van der Waals surface area contributed by atoms with E-state index in [1.54, 1.807) is 0 Å². The molecule has 1 heterocycles. The van der Waals surface area contributed by atoms with Crippen LogP contribution in [0.3, 0.4) is 0 Å². The number of aryl methyl sites for hydroxylation is 1. The third-order valence-corrected chi connectivity index (χ3v) is 5.73. The highest BCUT2D eigenvalue weighted by Gasteiger charge is 2.29. The van der Waals surface area contributed by atoms with Gasteiger partial charge in [-0.1, -0.05) is 18.2 Å². The molecule has 1 aromatic carbocycles. The van der Waals surface area contributed by atoms with Crippen LogP contribution in [0.15, 0.2) is 24.3 Å². The minimum atomic E-state index is -2.97. The first-order chi connectivity index (χ1) is 10.3. The molecule has 0 bridgehead atoms. The van der Waals surface area contributed by atoms with Gasteiger partial charge in [0.15, 0.2) is 9.84 Å².